The highest BCUT2D eigenvalue weighted by atomic mass is 16.5. The van der Waals surface area contributed by atoms with Crippen LogP contribution < -0.4 is 15.4 Å². The maximum atomic E-state index is 12.5. The molecule has 1 amide bonds. The van der Waals surface area contributed by atoms with Gasteiger partial charge in [0.15, 0.2) is 11.6 Å². The molecule has 0 radical (unpaired) electrons. The molecular weight excluding hydrogens is 418 g/mol. The van der Waals surface area contributed by atoms with E-state index in [1.165, 1.54) is 0 Å². The Balaban J connectivity index is 1.61. The summed E-state index contributed by atoms with van der Waals surface area (Å²) in [5, 5.41) is 19.6. The number of nitrogens with zero attached hydrogens (tertiary/aromatic N) is 5. The lowest BCUT2D eigenvalue weighted by molar-refractivity contribution is -0.117. The zero-order valence-electron chi connectivity index (χ0n) is 19.0. The monoisotopic (exact) mass is 445 g/mol. The number of carbonyl (C=O) groups excluding carboxylic acids is 1. The van der Waals surface area contributed by atoms with Crippen LogP contribution in [0.3, 0.4) is 0 Å². The first-order chi connectivity index (χ1) is 16.0. The highest BCUT2D eigenvalue weighted by Crippen LogP contribution is 2.42. The van der Waals surface area contributed by atoms with E-state index in [9.17, 15) is 4.79 Å². The highest BCUT2D eigenvalue weighted by molar-refractivity contribution is 5.94. The Bertz CT molecular complexity index is 1200. The highest BCUT2D eigenvalue weighted by Gasteiger charge is 2.42. The number of carbonyl (C=O) groups is 1. The average Bonchev–Trinajstić information content (AvgIpc) is 3.45. The molecule has 9 heteroatoms. The summed E-state index contributed by atoms with van der Waals surface area (Å²) in [6, 6.07) is 9.74. The predicted molar refractivity (Wildman–Crippen MR) is 125 cm³/mol. The molecule has 0 bridgehead atoms. The van der Waals surface area contributed by atoms with Crippen molar-refractivity contribution >= 4 is 23.1 Å². The molecule has 4 rings (SSSR count). The summed E-state index contributed by atoms with van der Waals surface area (Å²) in [6.45, 7) is 2.11. The number of rotatable bonds is 9. The van der Waals surface area contributed by atoms with Crippen LogP contribution in [0.4, 0.5) is 17.2 Å². The molecule has 33 heavy (non-hydrogen) atoms. The number of methoxy groups -OCH3 is 1. The normalized spacial score (nSPS) is 16.7. The third kappa shape index (κ3) is 4.95. The molecule has 1 aliphatic carbocycles. The average molecular weight is 446 g/mol. The quantitative estimate of drug-likeness (QED) is 0.510. The zero-order valence-corrected chi connectivity index (χ0v) is 19.0. The maximum Gasteiger partial charge on any atom is 0.228 e. The molecule has 1 aromatic carbocycles. The lowest BCUT2D eigenvalue weighted by atomic mass is 10.1. The first kappa shape index (κ1) is 22.3. The van der Waals surface area contributed by atoms with Crippen LogP contribution in [0.5, 0.6) is 5.75 Å². The number of aromatic nitrogens is 4. The Morgan fingerprint density at radius 1 is 1.33 bits per heavy atom. The molecule has 2 aromatic heterocycles. The van der Waals surface area contributed by atoms with Gasteiger partial charge < -0.3 is 15.4 Å². The van der Waals surface area contributed by atoms with E-state index in [0.29, 0.717) is 23.8 Å². The Morgan fingerprint density at radius 2 is 2.18 bits per heavy atom. The molecule has 170 valence electrons. The largest absolute Gasteiger partial charge is 0.494 e. The van der Waals surface area contributed by atoms with Crippen molar-refractivity contribution in [3.05, 3.63) is 42.4 Å². The minimum atomic E-state index is -0.110. The lowest BCUT2D eigenvalue weighted by Gasteiger charge is -2.17. The first-order valence-electron chi connectivity index (χ1n) is 11.0. The number of hydrogen-bond donors (Lipinski definition) is 2. The van der Waals surface area contributed by atoms with Crippen molar-refractivity contribution in [2.45, 2.75) is 32.6 Å². The standard InChI is InChI=1S/C24H27N7O2/c1-4-6-16-13-26-21(29-24(32)18-11-15(18)9-10-25)12-20(16)28-19-8-5-7-17(22(19)33-3)23-27-14-31(2)30-23/h5,7-8,12-15,18H,4,6,9,11H2,1-3H3,(H2,26,28,29,32)/t15-,18-/m1/s1. The SMILES string of the molecule is CCCc1cnc(NC(=O)[C@@H]2C[C@H]2CC#N)cc1Nc1cccc(-c2ncn(C)n2)c1OC. The summed E-state index contributed by atoms with van der Waals surface area (Å²) in [4.78, 5) is 21.3. The molecule has 2 atom stereocenters. The van der Waals surface area contributed by atoms with Gasteiger partial charge in [0.1, 0.15) is 12.1 Å². The summed E-state index contributed by atoms with van der Waals surface area (Å²) < 4.78 is 7.36. The van der Waals surface area contributed by atoms with E-state index in [1.54, 1.807) is 24.3 Å². The molecule has 2 N–H and O–H groups in total. The molecular formula is C24H27N7O2. The van der Waals surface area contributed by atoms with Crippen LogP contribution in [0.15, 0.2) is 36.8 Å². The van der Waals surface area contributed by atoms with Gasteiger partial charge >= 0.3 is 0 Å². The van der Waals surface area contributed by atoms with E-state index in [-0.39, 0.29) is 17.7 Å². The van der Waals surface area contributed by atoms with Crippen LogP contribution in [0.2, 0.25) is 0 Å². The van der Waals surface area contributed by atoms with Gasteiger partial charge in [-0.1, -0.05) is 19.4 Å². The van der Waals surface area contributed by atoms with Crippen molar-refractivity contribution in [3.8, 4) is 23.2 Å². The van der Waals surface area contributed by atoms with E-state index in [1.807, 2.05) is 31.3 Å². The van der Waals surface area contributed by atoms with Gasteiger partial charge in [0, 0.05) is 37.3 Å². The topological polar surface area (TPSA) is 118 Å². The molecule has 2 heterocycles. The number of nitrogens with one attached hydrogen (secondary N) is 2. The summed E-state index contributed by atoms with van der Waals surface area (Å²) in [6.07, 6.45) is 6.39. The summed E-state index contributed by atoms with van der Waals surface area (Å²) >= 11 is 0. The van der Waals surface area contributed by atoms with E-state index >= 15 is 0 Å². The first-order valence-corrected chi connectivity index (χ1v) is 11.0. The van der Waals surface area contributed by atoms with E-state index < -0.39 is 0 Å². The number of ether oxygens (including phenoxy) is 1. The molecule has 0 aliphatic heterocycles. The Hall–Kier alpha value is -3.93. The number of aryl methyl sites for hydroxylation is 2. The van der Waals surface area contributed by atoms with Crippen molar-refractivity contribution in [2.24, 2.45) is 18.9 Å². The van der Waals surface area contributed by atoms with Gasteiger partial charge in [0.2, 0.25) is 5.91 Å². The van der Waals surface area contributed by atoms with Crippen molar-refractivity contribution in [1.82, 2.24) is 19.7 Å². The second kappa shape index (κ2) is 9.69. The Labute approximate surface area is 192 Å². The van der Waals surface area contributed by atoms with Gasteiger partial charge in [-0.2, -0.15) is 10.4 Å². The van der Waals surface area contributed by atoms with Crippen LogP contribution in [0.25, 0.3) is 11.4 Å². The number of pyridine rings is 1. The van der Waals surface area contributed by atoms with Crippen molar-refractivity contribution in [2.75, 3.05) is 17.7 Å². The molecule has 3 aromatic rings. The third-order valence-electron chi connectivity index (χ3n) is 5.70. The lowest BCUT2D eigenvalue weighted by Crippen LogP contribution is -2.16. The number of amides is 1. The Kier molecular flexibility index (Phi) is 6.54. The van der Waals surface area contributed by atoms with E-state index in [0.717, 1.165) is 41.8 Å². The van der Waals surface area contributed by atoms with E-state index in [4.69, 9.17) is 10.00 Å². The maximum absolute atomic E-state index is 12.5. The molecule has 1 aliphatic rings. The summed E-state index contributed by atoms with van der Waals surface area (Å²) in [7, 11) is 3.43. The molecule has 1 saturated carbocycles. The second-order valence-electron chi connectivity index (χ2n) is 8.18. The summed E-state index contributed by atoms with van der Waals surface area (Å²) in [5.74, 6) is 1.64. The number of nitriles is 1. The fourth-order valence-corrected chi connectivity index (χ4v) is 3.91. The minimum Gasteiger partial charge on any atom is -0.494 e. The van der Waals surface area contributed by atoms with Gasteiger partial charge in [0.25, 0.3) is 0 Å². The van der Waals surface area contributed by atoms with Crippen LogP contribution in [-0.2, 0) is 18.3 Å². The van der Waals surface area contributed by atoms with Gasteiger partial charge in [0.05, 0.1) is 24.4 Å². The van der Waals surface area contributed by atoms with Crippen LogP contribution in [0, 0.1) is 23.2 Å². The summed E-state index contributed by atoms with van der Waals surface area (Å²) in [5.41, 5.74) is 3.42. The van der Waals surface area contributed by atoms with Gasteiger partial charge in [-0.3, -0.25) is 9.48 Å². The van der Waals surface area contributed by atoms with Crippen LogP contribution >= 0.6 is 0 Å². The number of hydrogen-bond acceptors (Lipinski definition) is 7. The fraction of sp³-hybridized carbons (Fsp3) is 0.375. The molecule has 1 fully saturated rings. The smallest absolute Gasteiger partial charge is 0.228 e. The van der Waals surface area contributed by atoms with Gasteiger partial charge in [-0.05, 0) is 36.5 Å². The predicted octanol–water partition coefficient (Wildman–Crippen LogP) is 4.07. The Morgan fingerprint density at radius 3 is 2.88 bits per heavy atom. The zero-order chi connectivity index (χ0) is 23.4. The molecule has 0 unspecified atom stereocenters. The van der Waals surface area contributed by atoms with Crippen molar-refractivity contribution < 1.29 is 9.53 Å². The number of anilines is 3. The fourth-order valence-electron chi connectivity index (χ4n) is 3.91. The molecule has 0 saturated heterocycles. The van der Waals surface area contributed by atoms with Crippen molar-refractivity contribution in [3.63, 3.8) is 0 Å². The number of para-hydroxylation sites is 1. The van der Waals surface area contributed by atoms with Crippen molar-refractivity contribution in [1.29, 1.82) is 5.26 Å². The van der Waals surface area contributed by atoms with Crippen LogP contribution in [-0.4, -0.2) is 32.8 Å². The van der Waals surface area contributed by atoms with E-state index in [2.05, 4.69) is 38.7 Å². The molecule has 0 spiro atoms. The van der Waals surface area contributed by atoms with Crippen LogP contribution in [0.1, 0.15) is 31.7 Å². The number of benzene rings is 1. The third-order valence-corrected chi connectivity index (χ3v) is 5.70. The molecule has 9 nitrogen and oxygen atoms in total. The minimum absolute atomic E-state index is 0.0854. The second-order valence-corrected chi connectivity index (χ2v) is 8.18. The van der Waals surface area contributed by atoms with Gasteiger partial charge in [-0.15, -0.1) is 0 Å². The van der Waals surface area contributed by atoms with Gasteiger partial charge in [-0.25, -0.2) is 9.97 Å².